The smallest absolute Gasteiger partial charge is 0.356 e. The van der Waals surface area contributed by atoms with E-state index in [1.807, 2.05) is 31.2 Å². The van der Waals surface area contributed by atoms with Crippen LogP contribution in [0.1, 0.15) is 16.9 Å². The van der Waals surface area contributed by atoms with Crippen molar-refractivity contribution in [3.05, 3.63) is 69.8 Å². The van der Waals surface area contributed by atoms with Gasteiger partial charge in [-0.25, -0.2) is 0 Å². The van der Waals surface area contributed by atoms with Gasteiger partial charge in [-0.1, -0.05) is 17.7 Å². The van der Waals surface area contributed by atoms with Gasteiger partial charge in [0.1, 0.15) is 0 Å². The van der Waals surface area contributed by atoms with Crippen molar-refractivity contribution in [1.82, 2.24) is 0 Å². The summed E-state index contributed by atoms with van der Waals surface area (Å²) in [6.45, 7) is 1.97. The van der Waals surface area contributed by atoms with Gasteiger partial charge >= 0.3 is 7.60 Å². The number of nitro benzene ring substituents is 1. The first kappa shape index (κ1) is 18.1. The largest absolute Gasteiger partial charge is 0.368 e. The molecule has 128 valence electrons. The minimum absolute atomic E-state index is 0.0440. The summed E-state index contributed by atoms with van der Waals surface area (Å²) in [6.07, 6.45) is 0. The van der Waals surface area contributed by atoms with Crippen molar-refractivity contribution in [3.8, 4) is 0 Å². The van der Waals surface area contributed by atoms with Crippen LogP contribution in [0.15, 0.2) is 48.5 Å². The van der Waals surface area contributed by atoms with Crippen molar-refractivity contribution in [2.75, 3.05) is 19.5 Å². The van der Waals surface area contributed by atoms with Crippen molar-refractivity contribution in [2.45, 2.75) is 12.7 Å². The molecule has 0 heterocycles. The molecule has 0 spiro atoms. The third-order valence-corrected chi connectivity index (χ3v) is 5.68. The van der Waals surface area contributed by atoms with Gasteiger partial charge in [-0.2, -0.15) is 0 Å². The van der Waals surface area contributed by atoms with Gasteiger partial charge in [0, 0.05) is 32.0 Å². The average molecular weight is 350 g/mol. The summed E-state index contributed by atoms with van der Waals surface area (Å²) in [4.78, 5) is 10.3. The zero-order valence-electron chi connectivity index (χ0n) is 13.6. The van der Waals surface area contributed by atoms with E-state index in [0.717, 1.165) is 11.3 Å². The topological polar surface area (TPSA) is 90.7 Å². The summed E-state index contributed by atoms with van der Waals surface area (Å²) >= 11 is 0. The molecule has 8 heteroatoms. The molecule has 0 amide bonds. The van der Waals surface area contributed by atoms with Crippen molar-refractivity contribution < 1.29 is 18.5 Å². The fourth-order valence-electron chi connectivity index (χ4n) is 2.22. The summed E-state index contributed by atoms with van der Waals surface area (Å²) in [5.74, 6) is -0.795. The van der Waals surface area contributed by atoms with Crippen molar-refractivity contribution in [2.24, 2.45) is 0 Å². The Labute approximate surface area is 140 Å². The van der Waals surface area contributed by atoms with E-state index in [1.165, 1.54) is 38.5 Å². The molecule has 0 saturated heterocycles. The molecule has 1 atom stereocenters. The third-order valence-electron chi connectivity index (χ3n) is 3.60. The predicted octanol–water partition coefficient (Wildman–Crippen LogP) is 4.50. The summed E-state index contributed by atoms with van der Waals surface area (Å²) in [5.41, 5.74) is 2.35. The lowest BCUT2D eigenvalue weighted by Crippen LogP contribution is -2.13. The first-order valence-electron chi connectivity index (χ1n) is 7.18. The minimum atomic E-state index is -3.51. The van der Waals surface area contributed by atoms with Crippen LogP contribution in [0.4, 0.5) is 11.4 Å². The number of hydrogen-bond acceptors (Lipinski definition) is 6. The highest BCUT2D eigenvalue weighted by molar-refractivity contribution is 7.54. The van der Waals surface area contributed by atoms with Gasteiger partial charge in [-0.05, 0) is 36.8 Å². The Bertz CT molecular complexity index is 738. The van der Waals surface area contributed by atoms with Crippen LogP contribution >= 0.6 is 7.60 Å². The van der Waals surface area contributed by atoms with E-state index in [2.05, 4.69) is 5.32 Å². The Balaban J connectivity index is 2.40. The molecular weight excluding hydrogens is 331 g/mol. The zero-order chi connectivity index (χ0) is 17.7. The van der Waals surface area contributed by atoms with Gasteiger partial charge in [0.05, 0.1) is 4.92 Å². The first-order valence-corrected chi connectivity index (χ1v) is 8.79. The van der Waals surface area contributed by atoms with Gasteiger partial charge in [0.15, 0.2) is 5.78 Å². The lowest BCUT2D eigenvalue weighted by molar-refractivity contribution is -0.384. The van der Waals surface area contributed by atoms with E-state index < -0.39 is 18.3 Å². The van der Waals surface area contributed by atoms with E-state index >= 15 is 0 Å². The van der Waals surface area contributed by atoms with Crippen LogP contribution in [0, 0.1) is 17.0 Å². The zero-order valence-corrected chi connectivity index (χ0v) is 14.5. The number of hydrogen-bond donors (Lipinski definition) is 1. The van der Waals surface area contributed by atoms with Gasteiger partial charge in [0.2, 0.25) is 0 Å². The SMILES string of the molecule is COP(=O)(OC)[C@@H](Nc1ccc(C)cc1)c1ccc([N+](=O)[O-])cc1. The Morgan fingerprint density at radius 3 is 2.04 bits per heavy atom. The van der Waals surface area contributed by atoms with Crippen molar-refractivity contribution in [1.29, 1.82) is 0 Å². The second-order valence-corrected chi connectivity index (χ2v) is 7.49. The highest BCUT2D eigenvalue weighted by Crippen LogP contribution is 2.59. The molecule has 0 aliphatic heterocycles. The van der Waals surface area contributed by atoms with Crippen LogP contribution in [0.2, 0.25) is 0 Å². The molecule has 0 aliphatic rings. The summed E-state index contributed by atoms with van der Waals surface area (Å²) < 4.78 is 23.1. The van der Waals surface area contributed by atoms with E-state index in [9.17, 15) is 14.7 Å². The lowest BCUT2D eigenvalue weighted by Gasteiger charge is -2.26. The highest BCUT2D eigenvalue weighted by atomic mass is 31.2. The fourth-order valence-corrected chi connectivity index (χ4v) is 3.63. The third kappa shape index (κ3) is 4.00. The summed E-state index contributed by atoms with van der Waals surface area (Å²) in [7, 11) is -0.900. The van der Waals surface area contributed by atoms with Crippen LogP contribution in [0.25, 0.3) is 0 Å². The Morgan fingerprint density at radius 2 is 1.58 bits per heavy atom. The summed E-state index contributed by atoms with van der Waals surface area (Å²) in [6, 6.07) is 13.3. The van der Waals surface area contributed by atoms with Crippen LogP contribution in [0.3, 0.4) is 0 Å². The number of nitrogens with zero attached hydrogens (tertiary/aromatic N) is 1. The minimum Gasteiger partial charge on any atom is -0.368 e. The molecule has 0 aromatic heterocycles. The Kier molecular flexibility index (Phi) is 5.72. The fraction of sp³-hybridized carbons (Fsp3) is 0.250. The number of non-ortho nitro benzene ring substituents is 1. The van der Waals surface area contributed by atoms with Crippen LogP contribution in [0.5, 0.6) is 0 Å². The normalized spacial score (nSPS) is 12.6. The van der Waals surface area contributed by atoms with Crippen molar-refractivity contribution in [3.63, 3.8) is 0 Å². The molecule has 0 saturated carbocycles. The molecule has 0 fully saturated rings. The number of nitro groups is 1. The van der Waals surface area contributed by atoms with E-state index in [-0.39, 0.29) is 5.69 Å². The standard InChI is InChI=1S/C16H19N2O5P/c1-12-4-8-14(9-5-12)17-16(24(21,22-2)23-3)13-6-10-15(11-7-13)18(19)20/h4-11,16-17H,1-3H3/t16-/m1/s1. The summed E-state index contributed by atoms with van der Waals surface area (Å²) in [5, 5.41) is 13.9. The van der Waals surface area contributed by atoms with Crippen LogP contribution in [-0.4, -0.2) is 19.1 Å². The first-order chi connectivity index (χ1) is 11.4. The average Bonchev–Trinajstić information content (AvgIpc) is 2.60. The van der Waals surface area contributed by atoms with E-state index in [4.69, 9.17) is 9.05 Å². The highest BCUT2D eigenvalue weighted by Gasteiger charge is 2.35. The molecule has 2 rings (SSSR count). The molecule has 2 aromatic carbocycles. The number of nitrogens with one attached hydrogen (secondary N) is 1. The van der Waals surface area contributed by atoms with Gasteiger partial charge < -0.3 is 14.4 Å². The van der Waals surface area contributed by atoms with E-state index in [0.29, 0.717) is 5.56 Å². The predicted molar refractivity (Wildman–Crippen MR) is 92.3 cm³/mol. The Hall–Kier alpha value is -2.21. The molecule has 0 radical (unpaired) electrons. The van der Waals surface area contributed by atoms with Crippen LogP contribution in [-0.2, 0) is 13.6 Å². The van der Waals surface area contributed by atoms with Gasteiger partial charge in [0.25, 0.3) is 5.69 Å². The molecule has 0 bridgehead atoms. The quantitative estimate of drug-likeness (QED) is 0.449. The number of benzene rings is 2. The van der Waals surface area contributed by atoms with Gasteiger partial charge in [-0.15, -0.1) is 0 Å². The second kappa shape index (κ2) is 7.57. The molecule has 2 aromatic rings. The molecule has 24 heavy (non-hydrogen) atoms. The number of rotatable bonds is 7. The lowest BCUT2D eigenvalue weighted by atomic mass is 10.2. The maximum absolute atomic E-state index is 12.9. The Morgan fingerprint density at radius 1 is 1.04 bits per heavy atom. The van der Waals surface area contributed by atoms with Gasteiger partial charge in [-0.3, -0.25) is 14.7 Å². The molecule has 0 aliphatic carbocycles. The molecule has 1 N–H and O–H groups in total. The molecule has 0 unspecified atom stereocenters. The van der Waals surface area contributed by atoms with Crippen LogP contribution < -0.4 is 5.32 Å². The molecule has 7 nitrogen and oxygen atoms in total. The number of anilines is 1. The molecular formula is C16H19N2O5P. The monoisotopic (exact) mass is 350 g/mol. The second-order valence-electron chi connectivity index (χ2n) is 5.17. The maximum atomic E-state index is 12.9. The number of aryl methyl sites for hydroxylation is 1. The van der Waals surface area contributed by atoms with E-state index in [1.54, 1.807) is 0 Å². The maximum Gasteiger partial charge on any atom is 0.356 e. The van der Waals surface area contributed by atoms with Crippen molar-refractivity contribution >= 4 is 19.0 Å².